The number of carbonyl (C=O) groups is 3. The van der Waals surface area contributed by atoms with Crippen molar-refractivity contribution in [1.82, 2.24) is 10.2 Å². The highest BCUT2D eigenvalue weighted by atomic mass is 32.2. The fourth-order valence-electron chi connectivity index (χ4n) is 2.45. The van der Waals surface area contributed by atoms with Crippen molar-refractivity contribution >= 4 is 29.5 Å². The van der Waals surface area contributed by atoms with Gasteiger partial charge in [-0.1, -0.05) is 0 Å². The SMILES string of the molecule is CCOC(=O)CSCC(=O)N1CC[NH+](CC(=O)NC(C)(C)C)CC1. The van der Waals surface area contributed by atoms with Gasteiger partial charge in [-0.2, -0.15) is 0 Å². The first-order chi connectivity index (χ1) is 11.2. The van der Waals surface area contributed by atoms with E-state index >= 15 is 0 Å². The molecule has 1 aliphatic rings. The largest absolute Gasteiger partial charge is 0.465 e. The lowest BCUT2D eigenvalue weighted by molar-refractivity contribution is -0.896. The molecule has 0 aliphatic carbocycles. The Morgan fingerprint density at radius 1 is 1.17 bits per heavy atom. The topological polar surface area (TPSA) is 80.2 Å². The average molecular weight is 361 g/mol. The number of amides is 2. The maximum Gasteiger partial charge on any atom is 0.315 e. The van der Waals surface area contributed by atoms with E-state index in [9.17, 15) is 14.4 Å². The number of esters is 1. The molecule has 1 fully saturated rings. The zero-order valence-corrected chi connectivity index (χ0v) is 16.0. The first-order valence-corrected chi connectivity index (χ1v) is 9.52. The van der Waals surface area contributed by atoms with Gasteiger partial charge in [-0.3, -0.25) is 14.4 Å². The number of rotatable bonds is 7. The van der Waals surface area contributed by atoms with Crippen LogP contribution in [0.15, 0.2) is 0 Å². The third-order valence-electron chi connectivity index (χ3n) is 3.50. The van der Waals surface area contributed by atoms with Crippen LogP contribution in [0.1, 0.15) is 27.7 Å². The predicted octanol–water partition coefficient (Wildman–Crippen LogP) is -1.08. The summed E-state index contributed by atoms with van der Waals surface area (Å²) < 4.78 is 4.83. The second-order valence-electron chi connectivity index (χ2n) is 6.90. The Labute approximate surface area is 148 Å². The standard InChI is InChI=1S/C16H29N3O4S/c1-5-23-15(22)12-24-11-14(21)19-8-6-18(7-9-19)10-13(20)17-16(2,3)4/h5-12H2,1-4H3,(H,17,20)/p+1. The van der Waals surface area contributed by atoms with Crippen LogP contribution in [0.2, 0.25) is 0 Å². The number of nitrogens with one attached hydrogen (secondary N) is 2. The zero-order valence-electron chi connectivity index (χ0n) is 15.1. The van der Waals surface area contributed by atoms with Crippen LogP contribution in [0.5, 0.6) is 0 Å². The molecule has 1 rings (SSSR count). The van der Waals surface area contributed by atoms with Crippen molar-refractivity contribution in [1.29, 1.82) is 0 Å². The van der Waals surface area contributed by atoms with Crippen molar-refractivity contribution in [3.63, 3.8) is 0 Å². The molecule has 0 aromatic heterocycles. The molecule has 0 aromatic rings. The highest BCUT2D eigenvalue weighted by Gasteiger charge is 2.26. The van der Waals surface area contributed by atoms with Gasteiger partial charge in [0.1, 0.15) is 0 Å². The number of carbonyl (C=O) groups excluding carboxylic acids is 3. The fourth-order valence-corrected chi connectivity index (χ4v) is 3.16. The van der Waals surface area contributed by atoms with E-state index in [0.29, 0.717) is 32.0 Å². The summed E-state index contributed by atoms with van der Waals surface area (Å²) in [5, 5.41) is 2.96. The molecule has 7 nitrogen and oxygen atoms in total. The summed E-state index contributed by atoms with van der Waals surface area (Å²) in [4.78, 5) is 38.3. The number of piperazine rings is 1. The molecule has 24 heavy (non-hydrogen) atoms. The monoisotopic (exact) mass is 360 g/mol. The van der Waals surface area contributed by atoms with Crippen molar-refractivity contribution in [3.8, 4) is 0 Å². The van der Waals surface area contributed by atoms with Crippen molar-refractivity contribution < 1.29 is 24.0 Å². The number of ether oxygens (including phenoxy) is 1. The number of nitrogens with zero attached hydrogens (tertiary/aromatic N) is 1. The van der Waals surface area contributed by atoms with Crippen LogP contribution in [0.25, 0.3) is 0 Å². The molecule has 2 amide bonds. The van der Waals surface area contributed by atoms with Crippen LogP contribution in [0, 0.1) is 0 Å². The molecule has 1 aliphatic heterocycles. The first-order valence-electron chi connectivity index (χ1n) is 8.37. The van der Waals surface area contributed by atoms with Gasteiger partial charge in [0.15, 0.2) is 6.54 Å². The van der Waals surface area contributed by atoms with Gasteiger partial charge in [0.25, 0.3) is 5.91 Å². The van der Waals surface area contributed by atoms with Crippen LogP contribution in [0.4, 0.5) is 0 Å². The van der Waals surface area contributed by atoms with E-state index < -0.39 is 0 Å². The number of hydrogen-bond acceptors (Lipinski definition) is 5. The Bertz CT molecular complexity index is 443. The molecule has 0 radical (unpaired) electrons. The Morgan fingerprint density at radius 3 is 2.33 bits per heavy atom. The summed E-state index contributed by atoms with van der Waals surface area (Å²) in [6, 6.07) is 0. The van der Waals surface area contributed by atoms with Gasteiger partial charge >= 0.3 is 5.97 Å². The molecule has 0 atom stereocenters. The number of hydrogen-bond donors (Lipinski definition) is 2. The molecule has 1 heterocycles. The van der Waals surface area contributed by atoms with Crippen molar-refractivity contribution in [2.75, 3.05) is 50.8 Å². The second-order valence-corrected chi connectivity index (χ2v) is 7.89. The molecular formula is C16H30N3O4S+. The Hall–Kier alpha value is -1.28. The van der Waals surface area contributed by atoms with Crippen molar-refractivity contribution in [3.05, 3.63) is 0 Å². The van der Waals surface area contributed by atoms with Gasteiger partial charge in [0, 0.05) is 5.54 Å². The first kappa shape index (κ1) is 20.8. The second kappa shape index (κ2) is 9.88. The third kappa shape index (κ3) is 8.54. The summed E-state index contributed by atoms with van der Waals surface area (Å²) in [5.41, 5.74) is -0.218. The van der Waals surface area contributed by atoms with E-state index in [4.69, 9.17) is 4.74 Å². The number of quaternary nitrogens is 1. The van der Waals surface area contributed by atoms with Crippen LogP contribution < -0.4 is 10.2 Å². The summed E-state index contributed by atoms with van der Waals surface area (Å²) in [6.45, 7) is 11.3. The number of thioether (sulfide) groups is 1. The quantitative estimate of drug-likeness (QED) is 0.565. The highest BCUT2D eigenvalue weighted by molar-refractivity contribution is 8.00. The van der Waals surface area contributed by atoms with Gasteiger partial charge in [-0.05, 0) is 27.7 Å². The molecule has 0 bridgehead atoms. The maximum absolute atomic E-state index is 12.1. The summed E-state index contributed by atoms with van der Waals surface area (Å²) in [6.07, 6.45) is 0. The molecular weight excluding hydrogens is 330 g/mol. The minimum Gasteiger partial charge on any atom is -0.465 e. The fraction of sp³-hybridized carbons (Fsp3) is 0.812. The Kier molecular flexibility index (Phi) is 8.55. The molecule has 1 saturated heterocycles. The molecule has 138 valence electrons. The lowest BCUT2D eigenvalue weighted by Crippen LogP contribution is -3.16. The van der Waals surface area contributed by atoms with E-state index in [2.05, 4.69) is 5.32 Å². The van der Waals surface area contributed by atoms with E-state index in [1.54, 1.807) is 6.92 Å². The van der Waals surface area contributed by atoms with Crippen LogP contribution in [-0.2, 0) is 19.1 Å². The highest BCUT2D eigenvalue weighted by Crippen LogP contribution is 2.04. The van der Waals surface area contributed by atoms with E-state index in [0.717, 1.165) is 13.1 Å². The van der Waals surface area contributed by atoms with E-state index in [-0.39, 0.29) is 29.1 Å². The predicted molar refractivity (Wildman–Crippen MR) is 94.0 cm³/mol. The molecule has 8 heteroatoms. The Balaban J connectivity index is 2.23. The minimum atomic E-state index is -0.283. The zero-order chi connectivity index (χ0) is 18.2. The normalized spacial score (nSPS) is 15.9. The van der Waals surface area contributed by atoms with Crippen molar-refractivity contribution in [2.24, 2.45) is 0 Å². The van der Waals surface area contributed by atoms with Crippen LogP contribution >= 0.6 is 11.8 Å². The van der Waals surface area contributed by atoms with Gasteiger partial charge in [0.2, 0.25) is 5.91 Å². The molecule has 0 aromatic carbocycles. The Morgan fingerprint density at radius 2 is 1.79 bits per heavy atom. The van der Waals surface area contributed by atoms with Crippen LogP contribution in [0.3, 0.4) is 0 Å². The van der Waals surface area contributed by atoms with E-state index in [1.807, 2.05) is 25.7 Å². The van der Waals surface area contributed by atoms with Gasteiger partial charge in [0.05, 0.1) is 44.3 Å². The third-order valence-corrected chi connectivity index (χ3v) is 4.39. The van der Waals surface area contributed by atoms with Crippen LogP contribution in [-0.4, -0.2) is 79.1 Å². The van der Waals surface area contributed by atoms with Gasteiger partial charge in [-0.15, -0.1) is 11.8 Å². The van der Waals surface area contributed by atoms with Crippen molar-refractivity contribution in [2.45, 2.75) is 33.2 Å². The lowest BCUT2D eigenvalue weighted by Gasteiger charge is -2.32. The summed E-state index contributed by atoms with van der Waals surface area (Å²) >= 11 is 1.28. The van der Waals surface area contributed by atoms with Gasteiger partial charge < -0.3 is 19.9 Å². The minimum absolute atomic E-state index is 0.0438. The molecule has 0 saturated carbocycles. The molecule has 0 unspecified atom stereocenters. The molecule has 0 spiro atoms. The smallest absolute Gasteiger partial charge is 0.315 e. The maximum atomic E-state index is 12.1. The molecule has 2 N–H and O–H groups in total. The summed E-state index contributed by atoms with van der Waals surface area (Å²) in [7, 11) is 0. The lowest BCUT2D eigenvalue weighted by atomic mass is 10.1. The average Bonchev–Trinajstić information content (AvgIpc) is 2.46. The van der Waals surface area contributed by atoms with E-state index in [1.165, 1.54) is 16.7 Å². The van der Waals surface area contributed by atoms with Gasteiger partial charge in [-0.25, -0.2) is 0 Å². The summed E-state index contributed by atoms with van der Waals surface area (Å²) in [5.74, 6) is 0.301.